The number of carbonyl (C=O) groups excluding carboxylic acids is 2. The summed E-state index contributed by atoms with van der Waals surface area (Å²) < 4.78 is 16.1. The predicted octanol–water partition coefficient (Wildman–Crippen LogP) is 2.95. The minimum absolute atomic E-state index is 0.0589. The first kappa shape index (κ1) is 26.5. The van der Waals surface area contributed by atoms with E-state index in [9.17, 15) is 9.59 Å². The third kappa shape index (κ3) is 7.67. The number of nitrogens with zero attached hydrogens (tertiary/aromatic N) is 2. The van der Waals surface area contributed by atoms with Crippen molar-refractivity contribution >= 4 is 17.9 Å². The summed E-state index contributed by atoms with van der Waals surface area (Å²) in [4.78, 5) is 29.1. The van der Waals surface area contributed by atoms with Crippen LogP contribution in [0.4, 0.5) is 0 Å². The first-order chi connectivity index (χ1) is 15.9. The third-order valence-corrected chi connectivity index (χ3v) is 5.99. The van der Waals surface area contributed by atoms with E-state index in [1.54, 1.807) is 50.5 Å². The van der Waals surface area contributed by atoms with Crippen molar-refractivity contribution < 1.29 is 23.8 Å². The molecule has 1 aliphatic heterocycles. The fourth-order valence-electron chi connectivity index (χ4n) is 3.88. The van der Waals surface area contributed by atoms with Gasteiger partial charge in [-0.25, -0.2) is 0 Å². The Morgan fingerprint density at radius 3 is 2.18 bits per heavy atom. The quantitative estimate of drug-likeness (QED) is 0.381. The summed E-state index contributed by atoms with van der Waals surface area (Å²) in [5.74, 6) is 1.59. The smallest absolute Gasteiger partial charge is 0.246 e. The van der Waals surface area contributed by atoms with Gasteiger partial charge in [-0.1, -0.05) is 26.2 Å². The molecule has 8 heteroatoms. The summed E-state index contributed by atoms with van der Waals surface area (Å²) >= 11 is 0. The highest BCUT2D eigenvalue weighted by Crippen LogP contribution is 2.38. The Hall–Kier alpha value is -2.74. The summed E-state index contributed by atoms with van der Waals surface area (Å²) in [6, 6.07) is 3.40. The maximum Gasteiger partial charge on any atom is 0.246 e. The van der Waals surface area contributed by atoms with E-state index in [2.05, 4.69) is 17.1 Å². The van der Waals surface area contributed by atoms with E-state index in [0.29, 0.717) is 43.4 Å². The number of methoxy groups -OCH3 is 3. The molecule has 0 radical (unpaired) electrons. The van der Waals surface area contributed by atoms with E-state index in [0.717, 1.165) is 24.9 Å². The number of amides is 2. The summed E-state index contributed by atoms with van der Waals surface area (Å²) in [6.07, 6.45) is 7.86. The molecular weight excluding hydrogens is 422 g/mol. The van der Waals surface area contributed by atoms with Crippen LogP contribution in [0.3, 0.4) is 0 Å². The molecule has 1 saturated heterocycles. The highest BCUT2D eigenvalue weighted by molar-refractivity contribution is 5.92. The fraction of sp³-hybridized carbons (Fsp3) is 0.600. The van der Waals surface area contributed by atoms with Crippen molar-refractivity contribution in [1.82, 2.24) is 15.1 Å². The van der Waals surface area contributed by atoms with Crippen LogP contribution < -0.4 is 19.5 Å². The molecule has 0 spiro atoms. The lowest BCUT2D eigenvalue weighted by Gasteiger charge is -2.37. The Morgan fingerprint density at radius 1 is 1.00 bits per heavy atom. The lowest BCUT2D eigenvalue weighted by molar-refractivity contribution is -0.130. The first-order valence-corrected chi connectivity index (χ1v) is 11.7. The first-order valence-electron chi connectivity index (χ1n) is 11.7. The largest absolute Gasteiger partial charge is 0.493 e. The number of rotatable bonds is 12. The van der Waals surface area contributed by atoms with Crippen molar-refractivity contribution in [3.05, 3.63) is 23.8 Å². The number of carbonyl (C=O) groups is 2. The second-order valence-electron chi connectivity index (χ2n) is 8.18. The van der Waals surface area contributed by atoms with Gasteiger partial charge in [0.1, 0.15) is 0 Å². The molecule has 33 heavy (non-hydrogen) atoms. The zero-order valence-corrected chi connectivity index (χ0v) is 20.7. The van der Waals surface area contributed by atoms with Crippen LogP contribution in [0.1, 0.15) is 45.1 Å². The van der Waals surface area contributed by atoms with Crippen LogP contribution in [0.15, 0.2) is 18.2 Å². The molecule has 8 nitrogen and oxygen atoms in total. The standard InChI is InChI=1S/C25H39N3O5/c1-6-7-8-9-12-26-25(30)19(2)27-13-15-28(16-14-27)23(29)11-10-20-17-21(31-3)24(33-5)22(18-20)32-4/h10-11,17-19H,6-9,12-16H2,1-5H3,(H,26,30). The summed E-state index contributed by atoms with van der Waals surface area (Å²) in [7, 11) is 4.67. The van der Waals surface area contributed by atoms with E-state index in [-0.39, 0.29) is 17.9 Å². The van der Waals surface area contributed by atoms with Crippen molar-refractivity contribution in [3.63, 3.8) is 0 Å². The van der Waals surface area contributed by atoms with Gasteiger partial charge >= 0.3 is 0 Å². The molecule has 184 valence electrons. The van der Waals surface area contributed by atoms with E-state index in [1.165, 1.54) is 12.8 Å². The maximum absolute atomic E-state index is 12.7. The van der Waals surface area contributed by atoms with Crippen LogP contribution in [-0.4, -0.2) is 81.7 Å². The molecule has 2 amide bonds. The van der Waals surface area contributed by atoms with Gasteiger partial charge in [-0.2, -0.15) is 0 Å². The minimum Gasteiger partial charge on any atom is -0.493 e. The second-order valence-corrected chi connectivity index (χ2v) is 8.18. The van der Waals surface area contributed by atoms with Gasteiger partial charge in [-0.05, 0) is 37.1 Å². The maximum atomic E-state index is 12.7. The Kier molecular flexibility index (Phi) is 11.0. The van der Waals surface area contributed by atoms with Crippen molar-refractivity contribution in [2.75, 3.05) is 54.1 Å². The van der Waals surface area contributed by atoms with Gasteiger partial charge in [0, 0.05) is 38.8 Å². The molecule has 0 aromatic heterocycles. The normalized spacial score (nSPS) is 15.4. The Bertz CT molecular complexity index is 778. The van der Waals surface area contributed by atoms with E-state index in [4.69, 9.17) is 14.2 Å². The molecular formula is C25H39N3O5. The molecule has 1 atom stereocenters. The molecule has 1 aromatic rings. The van der Waals surface area contributed by atoms with Crippen LogP contribution in [0.2, 0.25) is 0 Å². The monoisotopic (exact) mass is 461 g/mol. The number of unbranched alkanes of at least 4 members (excludes halogenated alkanes) is 3. The van der Waals surface area contributed by atoms with Gasteiger partial charge in [0.2, 0.25) is 17.6 Å². The molecule has 1 unspecified atom stereocenters. The van der Waals surface area contributed by atoms with Crippen LogP contribution in [0.5, 0.6) is 17.2 Å². The predicted molar refractivity (Wildman–Crippen MR) is 130 cm³/mol. The molecule has 1 fully saturated rings. The van der Waals surface area contributed by atoms with Gasteiger partial charge in [-0.3, -0.25) is 14.5 Å². The van der Waals surface area contributed by atoms with Crippen molar-refractivity contribution in [2.24, 2.45) is 0 Å². The van der Waals surface area contributed by atoms with Crippen LogP contribution >= 0.6 is 0 Å². The molecule has 0 saturated carbocycles. The van der Waals surface area contributed by atoms with Gasteiger partial charge in [0.15, 0.2) is 11.5 Å². The third-order valence-electron chi connectivity index (χ3n) is 5.99. The summed E-state index contributed by atoms with van der Waals surface area (Å²) in [5.41, 5.74) is 0.778. The second kappa shape index (κ2) is 13.7. The number of nitrogens with one attached hydrogen (secondary N) is 1. The van der Waals surface area contributed by atoms with Crippen molar-refractivity contribution in [3.8, 4) is 17.2 Å². The number of ether oxygens (including phenoxy) is 3. The van der Waals surface area contributed by atoms with Gasteiger partial charge in [0.25, 0.3) is 0 Å². The molecule has 0 aliphatic carbocycles. The lowest BCUT2D eigenvalue weighted by Crippen LogP contribution is -2.54. The Balaban J connectivity index is 1.86. The van der Waals surface area contributed by atoms with Crippen LogP contribution in [-0.2, 0) is 9.59 Å². The zero-order chi connectivity index (χ0) is 24.2. The number of hydrogen-bond acceptors (Lipinski definition) is 6. The molecule has 0 bridgehead atoms. The fourth-order valence-corrected chi connectivity index (χ4v) is 3.88. The van der Waals surface area contributed by atoms with Gasteiger partial charge in [-0.15, -0.1) is 0 Å². The molecule has 2 rings (SSSR count). The van der Waals surface area contributed by atoms with Crippen molar-refractivity contribution in [1.29, 1.82) is 0 Å². The molecule has 1 aliphatic rings. The van der Waals surface area contributed by atoms with Gasteiger partial charge in [0.05, 0.1) is 27.4 Å². The molecule has 1 N–H and O–H groups in total. The molecule has 1 aromatic carbocycles. The van der Waals surface area contributed by atoms with E-state index in [1.807, 2.05) is 6.92 Å². The lowest BCUT2D eigenvalue weighted by atomic mass is 10.1. The van der Waals surface area contributed by atoms with Gasteiger partial charge < -0.3 is 24.4 Å². The minimum atomic E-state index is -0.191. The molecule has 1 heterocycles. The van der Waals surface area contributed by atoms with Crippen LogP contribution in [0, 0.1) is 0 Å². The topological polar surface area (TPSA) is 80.3 Å². The Morgan fingerprint density at radius 2 is 1.64 bits per heavy atom. The average molecular weight is 462 g/mol. The summed E-state index contributed by atoms with van der Waals surface area (Å²) in [5, 5.41) is 3.04. The average Bonchev–Trinajstić information content (AvgIpc) is 2.85. The number of hydrogen-bond donors (Lipinski definition) is 1. The highest BCUT2D eigenvalue weighted by atomic mass is 16.5. The summed E-state index contributed by atoms with van der Waals surface area (Å²) in [6.45, 7) is 7.37. The SMILES string of the molecule is CCCCCCNC(=O)C(C)N1CCN(C(=O)C=Cc2cc(OC)c(OC)c(OC)c2)CC1. The van der Waals surface area contributed by atoms with Crippen LogP contribution in [0.25, 0.3) is 6.08 Å². The van der Waals surface area contributed by atoms with E-state index < -0.39 is 0 Å². The Labute approximate surface area is 197 Å². The number of benzene rings is 1. The number of piperazine rings is 1. The van der Waals surface area contributed by atoms with Crippen molar-refractivity contribution in [2.45, 2.75) is 45.6 Å². The van der Waals surface area contributed by atoms with E-state index >= 15 is 0 Å². The zero-order valence-electron chi connectivity index (χ0n) is 20.7. The highest BCUT2D eigenvalue weighted by Gasteiger charge is 2.26.